The molecule has 1 aliphatic rings. The molecule has 0 aliphatic carbocycles. The van der Waals surface area contributed by atoms with Crippen LogP contribution in [-0.2, 0) is 0 Å². The van der Waals surface area contributed by atoms with Crippen molar-refractivity contribution < 1.29 is 14.3 Å². The van der Waals surface area contributed by atoms with Crippen molar-refractivity contribution in [2.45, 2.75) is 33.6 Å². The first kappa shape index (κ1) is 21.9. The maximum atomic E-state index is 13.4. The molecule has 2 aromatic carbocycles. The van der Waals surface area contributed by atoms with Gasteiger partial charge in [0.05, 0.1) is 25.4 Å². The van der Waals surface area contributed by atoms with Crippen LogP contribution < -0.4 is 14.8 Å². The van der Waals surface area contributed by atoms with E-state index in [9.17, 15) is 4.79 Å². The lowest BCUT2D eigenvalue weighted by Gasteiger charge is -2.30. The number of likely N-dealkylation sites (tertiary alicyclic amines) is 1. The number of carbonyl (C=O) groups excluding carboxylic acids is 1. The van der Waals surface area contributed by atoms with Crippen molar-refractivity contribution in [3.63, 3.8) is 0 Å². The lowest BCUT2D eigenvalue weighted by molar-refractivity contribution is 0.0677. The van der Waals surface area contributed by atoms with Gasteiger partial charge in [-0.25, -0.2) is 4.98 Å². The number of pyridine rings is 1. The minimum absolute atomic E-state index is 0.0308. The third-order valence-corrected chi connectivity index (χ3v) is 5.98. The molecule has 0 saturated carbocycles. The lowest BCUT2D eigenvalue weighted by atomic mass is 10.00. The summed E-state index contributed by atoms with van der Waals surface area (Å²) in [6, 6.07) is 11.9. The van der Waals surface area contributed by atoms with Crippen LogP contribution in [0.5, 0.6) is 11.5 Å². The first-order chi connectivity index (χ1) is 15.4. The van der Waals surface area contributed by atoms with Crippen LogP contribution in [0.1, 0.15) is 41.4 Å². The first-order valence-electron chi connectivity index (χ1n) is 11.1. The van der Waals surface area contributed by atoms with E-state index in [-0.39, 0.29) is 5.91 Å². The largest absolute Gasteiger partial charge is 0.493 e. The van der Waals surface area contributed by atoms with Crippen molar-refractivity contribution in [2.24, 2.45) is 5.92 Å². The Balaban J connectivity index is 1.83. The van der Waals surface area contributed by atoms with Crippen LogP contribution in [0.3, 0.4) is 0 Å². The predicted octanol–water partition coefficient (Wildman–Crippen LogP) is 5.48. The van der Waals surface area contributed by atoms with E-state index in [1.54, 1.807) is 14.2 Å². The smallest absolute Gasteiger partial charge is 0.272 e. The van der Waals surface area contributed by atoms with Crippen LogP contribution in [0.4, 0.5) is 11.4 Å². The Hall–Kier alpha value is -3.28. The van der Waals surface area contributed by atoms with Gasteiger partial charge in [-0.3, -0.25) is 4.79 Å². The molecule has 0 unspecified atom stereocenters. The molecule has 0 radical (unpaired) electrons. The number of carbonyl (C=O) groups is 1. The maximum Gasteiger partial charge on any atom is 0.272 e. The van der Waals surface area contributed by atoms with Gasteiger partial charge in [-0.2, -0.15) is 0 Å². The van der Waals surface area contributed by atoms with E-state index in [0.717, 1.165) is 42.7 Å². The van der Waals surface area contributed by atoms with E-state index >= 15 is 0 Å². The topological polar surface area (TPSA) is 63.7 Å². The number of aryl methyl sites for hydroxylation is 2. The molecule has 1 N–H and O–H groups in total. The van der Waals surface area contributed by atoms with Crippen LogP contribution in [0.15, 0.2) is 36.4 Å². The summed E-state index contributed by atoms with van der Waals surface area (Å²) in [6.07, 6.45) is 2.19. The van der Waals surface area contributed by atoms with Gasteiger partial charge in [-0.1, -0.05) is 13.0 Å². The summed E-state index contributed by atoms with van der Waals surface area (Å²) in [4.78, 5) is 20.0. The Morgan fingerprint density at radius 2 is 1.72 bits per heavy atom. The first-order valence-corrected chi connectivity index (χ1v) is 11.1. The Morgan fingerprint density at radius 1 is 1.03 bits per heavy atom. The van der Waals surface area contributed by atoms with Gasteiger partial charge in [0.1, 0.15) is 5.69 Å². The number of amides is 1. The van der Waals surface area contributed by atoms with E-state index in [1.165, 1.54) is 11.1 Å². The van der Waals surface area contributed by atoms with Gasteiger partial charge in [0.2, 0.25) is 0 Å². The predicted molar refractivity (Wildman–Crippen MR) is 128 cm³/mol. The van der Waals surface area contributed by atoms with E-state index in [0.29, 0.717) is 28.6 Å². The molecule has 1 aliphatic heterocycles. The molecule has 1 aromatic heterocycles. The van der Waals surface area contributed by atoms with Crippen molar-refractivity contribution in [2.75, 3.05) is 32.6 Å². The number of aromatic nitrogens is 1. The van der Waals surface area contributed by atoms with E-state index < -0.39 is 0 Å². The summed E-state index contributed by atoms with van der Waals surface area (Å²) in [5, 5.41) is 4.38. The molecular formula is C26H31N3O3. The monoisotopic (exact) mass is 433 g/mol. The minimum Gasteiger partial charge on any atom is -0.493 e. The second-order valence-electron chi connectivity index (χ2n) is 8.78. The van der Waals surface area contributed by atoms with Crippen molar-refractivity contribution in [3.8, 4) is 11.5 Å². The molecule has 4 rings (SSSR count). The van der Waals surface area contributed by atoms with Crippen LogP contribution in [0, 0.1) is 19.8 Å². The average molecular weight is 434 g/mol. The molecule has 6 nitrogen and oxygen atoms in total. The molecule has 0 bridgehead atoms. The van der Waals surface area contributed by atoms with E-state index in [2.05, 4.69) is 44.3 Å². The van der Waals surface area contributed by atoms with Crippen LogP contribution in [0.25, 0.3) is 10.9 Å². The molecule has 3 aromatic rings. The van der Waals surface area contributed by atoms with E-state index in [4.69, 9.17) is 14.5 Å². The summed E-state index contributed by atoms with van der Waals surface area (Å²) in [5.41, 5.74) is 5.24. The Labute approximate surface area is 189 Å². The number of anilines is 2. The van der Waals surface area contributed by atoms with Gasteiger partial charge < -0.3 is 19.7 Å². The van der Waals surface area contributed by atoms with Crippen molar-refractivity contribution in [3.05, 3.63) is 53.2 Å². The molecule has 0 spiro atoms. The number of rotatable bonds is 5. The molecule has 1 saturated heterocycles. The van der Waals surface area contributed by atoms with Crippen molar-refractivity contribution >= 4 is 28.2 Å². The zero-order valence-electron chi connectivity index (χ0n) is 19.5. The fourth-order valence-electron chi connectivity index (χ4n) is 4.50. The molecule has 6 heteroatoms. The highest BCUT2D eigenvalue weighted by atomic mass is 16.5. The molecule has 1 amide bonds. The van der Waals surface area contributed by atoms with Gasteiger partial charge in [-0.05, 0) is 68.0 Å². The number of fused-ring (bicyclic) bond motifs is 1. The number of benzene rings is 2. The lowest BCUT2D eigenvalue weighted by Crippen LogP contribution is -2.39. The van der Waals surface area contributed by atoms with Crippen LogP contribution in [0.2, 0.25) is 0 Å². The highest BCUT2D eigenvalue weighted by Crippen LogP contribution is 2.36. The van der Waals surface area contributed by atoms with Gasteiger partial charge in [0.15, 0.2) is 11.5 Å². The SMILES string of the molecule is COc1cc2nc(C(=O)N3CCC[C@H](C)C3)cc(Nc3cc(C)cc(C)c3)c2cc1OC. The standard InChI is InChI=1S/C26H31N3O3/c1-16-7-6-8-29(15-16)26(30)23-13-21(27-19-10-17(2)9-18(3)11-19)20-12-24(31-4)25(32-5)14-22(20)28-23/h9-14,16H,6-8,15H2,1-5H3,(H,27,28)/t16-/m0/s1. The summed E-state index contributed by atoms with van der Waals surface area (Å²) >= 11 is 0. The zero-order chi connectivity index (χ0) is 22.8. The number of hydrogen-bond acceptors (Lipinski definition) is 5. The normalized spacial score (nSPS) is 16.2. The molecular weight excluding hydrogens is 402 g/mol. The summed E-state index contributed by atoms with van der Waals surface area (Å²) in [7, 11) is 3.21. The number of hydrogen-bond donors (Lipinski definition) is 1. The van der Waals surface area contributed by atoms with Gasteiger partial charge in [0.25, 0.3) is 5.91 Å². The van der Waals surface area contributed by atoms with Crippen LogP contribution in [-0.4, -0.2) is 43.1 Å². The summed E-state index contributed by atoms with van der Waals surface area (Å²) < 4.78 is 11.0. The number of methoxy groups -OCH3 is 2. The zero-order valence-corrected chi connectivity index (χ0v) is 19.5. The summed E-state index contributed by atoms with van der Waals surface area (Å²) in [5.74, 6) is 1.68. The number of ether oxygens (including phenoxy) is 2. The number of nitrogens with zero attached hydrogens (tertiary/aromatic N) is 2. The van der Waals surface area contributed by atoms with Crippen LogP contribution >= 0.6 is 0 Å². The average Bonchev–Trinajstić information content (AvgIpc) is 2.76. The Bertz CT molecular complexity index is 1140. The number of piperidine rings is 1. The fourth-order valence-corrected chi connectivity index (χ4v) is 4.50. The highest BCUT2D eigenvalue weighted by Gasteiger charge is 2.24. The third-order valence-electron chi connectivity index (χ3n) is 5.98. The molecule has 2 heterocycles. The molecule has 1 atom stereocenters. The minimum atomic E-state index is -0.0308. The Kier molecular flexibility index (Phi) is 6.21. The second kappa shape index (κ2) is 9.07. The van der Waals surface area contributed by atoms with E-state index in [1.807, 2.05) is 23.1 Å². The van der Waals surface area contributed by atoms with Gasteiger partial charge >= 0.3 is 0 Å². The number of nitrogens with one attached hydrogen (secondary N) is 1. The van der Waals surface area contributed by atoms with Gasteiger partial charge in [0, 0.05) is 30.2 Å². The van der Waals surface area contributed by atoms with Gasteiger partial charge in [-0.15, -0.1) is 0 Å². The Morgan fingerprint density at radius 3 is 2.38 bits per heavy atom. The molecule has 168 valence electrons. The second-order valence-corrected chi connectivity index (χ2v) is 8.78. The van der Waals surface area contributed by atoms with Crippen molar-refractivity contribution in [1.29, 1.82) is 0 Å². The maximum absolute atomic E-state index is 13.4. The highest BCUT2D eigenvalue weighted by molar-refractivity contribution is 6.01. The molecule has 1 fully saturated rings. The fraction of sp³-hybridized carbons (Fsp3) is 0.385. The quantitative estimate of drug-likeness (QED) is 0.577. The third kappa shape index (κ3) is 4.49. The molecule has 32 heavy (non-hydrogen) atoms. The summed E-state index contributed by atoms with van der Waals surface area (Å²) in [6.45, 7) is 7.88. The van der Waals surface area contributed by atoms with Crippen molar-refractivity contribution in [1.82, 2.24) is 9.88 Å².